The van der Waals surface area contributed by atoms with Crippen molar-refractivity contribution in [2.75, 3.05) is 10.6 Å². The molecule has 0 bridgehead atoms. The molecule has 0 fully saturated rings. The van der Waals surface area contributed by atoms with Crippen molar-refractivity contribution in [3.05, 3.63) is 99.8 Å². The SMILES string of the molecule is C=C(Nc1ccc(Br)cc1)c1cc(NC(=O)c2cc(CNC(=O)C(C)(C)C)ccc2F)ccc1C. The molecule has 0 aliphatic heterocycles. The molecule has 3 aromatic rings. The van der Waals surface area contributed by atoms with E-state index in [1.807, 2.05) is 58.0 Å². The number of amides is 2. The normalized spacial score (nSPS) is 11.0. The van der Waals surface area contributed by atoms with Crippen LogP contribution in [0.2, 0.25) is 0 Å². The van der Waals surface area contributed by atoms with Crippen LogP contribution in [0.4, 0.5) is 15.8 Å². The number of benzene rings is 3. The fourth-order valence-electron chi connectivity index (χ4n) is 3.30. The van der Waals surface area contributed by atoms with Gasteiger partial charge in [0.2, 0.25) is 5.91 Å². The van der Waals surface area contributed by atoms with Crippen LogP contribution in [0.1, 0.15) is 47.8 Å². The van der Waals surface area contributed by atoms with Crippen molar-refractivity contribution < 1.29 is 14.0 Å². The molecule has 0 saturated carbocycles. The lowest BCUT2D eigenvalue weighted by atomic mass is 9.95. The van der Waals surface area contributed by atoms with Gasteiger partial charge in [0, 0.05) is 39.1 Å². The second-order valence-corrected chi connectivity index (χ2v) is 10.3. The number of aryl methyl sites for hydroxylation is 1. The van der Waals surface area contributed by atoms with E-state index in [0.717, 1.165) is 21.3 Å². The topological polar surface area (TPSA) is 70.2 Å². The number of hydrogen-bond donors (Lipinski definition) is 3. The summed E-state index contributed by atoms with van der Waals surface area (Å²) in [6.45, 7) is 11.7. The van der Waals surface area contributed by atoms with Crippen LogP contribution < -0.4 is 16.0 Å². The van der Waals surface area contributed by atoms with Crippen molar-refractivity contribution in [1.82, 2.24) is 5.32 Å². The minimum Gasteiger partial charge on any atom is -0.356 e. The molecule has 0 aliphatic rings. The van der Waals surface area contributed by atoms with E-state index in [4.69, 9.17) is 0 Å². The summed E-state index contributed by atoms with van der Waals surface area (Å²) >= 11 is 3.42. The lowest BCUT2D eigenvalue weighted by Crippen LogP contribution is -2.34. The molecule has 3 N–H and O–H groups in total. The first-order valence-electron chi connectivity index (χ1n) is 11.1. The van der Waals surface area contributed by atoms with E-state index in [9.17, 15) is 14.0 Å². The van der Waals surface area contributed by atoms with Crippen LogP contribution in [0.3, 0.4) is 0 Å². The summed E-state index contributed by atoms with van der Waals surface area (Å²) < 4.78 is 15.5. The minimum absolute atomic E-state index is 0.0959. The fraction of sp³-hybridized carbons (Fsp3) is 0.214. The zero-order valence-corrected chi connectivity index (χ0v) is 21.8. The van der Waals surface area contributed by atoms with Gasteiger partial charge in [-0.1, -0.05) is 55.4 Å². The largest absolute Gasteiger partial charge is 0.356 e. The predicted molar refractivity (Wildman–Crippen MR) is 144 cm³/mol. The third kappa shape index (κ3) is 7.02. The Labute approximate surface area is 214 Å². The van der Waals surface area contributed by atoms with Gasteiger partial charge in [-0.2, -0.15) is 0 Å². The van der Waals surface area contributed by atoms with Gasteiger partial charge in [0.15, 0.2) is 0 Å². The van der Waals surface area contributed by atoms with Crippen molar-refractivity contribution in [3.8, 4) is 0 Å². The first kappa shape index (κ1) is 26.2. The molecule has 0 radical (unpaired) electrons. The molecule has 3 aromatic carbocycles. The van der Waals surface area contributed by atoms with E-state index in [1.54, 1.807) is 18.2 Å². The Morgan fingerprint density at radius 3 is 2.23 bits per heavy atom. The van der Waals surface area contributed by atoms with E-state index >= 15 is 0 Å². The van der Waals surface area contributed by atoms with Crippen molar-refractivity contribution in [2.45, 2.75) is 34.2 Å². The first-order valence-corrected chi connectivity index (χ1v) is 11.9. The maximum absolute atomic E-state index is 14.5. The number of hydrogen-bond acceptors (Lipinski definition) is 3. The van der Waals surface area contributed by atoms with Gasteiger partial charge in [-0.25, -0.2) is 4.39 Å². The first-order chi connectivity index (χ1) is 16.4. The summed E-state index contributed by atoms with van der Waals surface area (Å²) in [7, 11) is 0. The van der Waals surface area contributed by atoms with Crippen molar-refractivity contribution in [1.29, 1.82) is 0 Å². The van der Waals surface area contributed by atoms with Crippen LogP contribution >= 0.6 is 15.9 Å². The Balaban J connectivity index is 1.74. The molecule has 182 valence electrons. The second-order valence-electron chi connectivity index (χ2n) is 9.34. The summed E-state index contributed by atoms with van der Waals surface area (Å²) in [6.07, 6.45) is 0. The van der Waals surface area contributed by atoms with E-state index in [1.165, 1.54) is 12.1 Å². The molecule has 5 nitrogen and oxygen atoms in total. The Bertz CT molecular complexity index is 1260. The van der Waals surface area contributed by atoms with Gasteiger partial charge < -0.3 is 16.0 Å². The Morgan fingerprint density at radius 2 is 1.57 bits per heavy atom. The highest BCUT2D eigenvalue weighted by Gasteiger charge is 2.21. The molecule has 3 rings (SSSR count). The third-order valence-corrected chi connectivity index (χ3v) is 5.90. The number of nitrogens with one attached hydrogen (secondary N) is 3. The van der Waals surface area contributed by atoms with Gasteiger partial charge in [0.05, 0.1) is 5.56 Å². The van der Waals surface area contributed by atoms with Gasteiger partial charge in [-0.3, -0.25) is 9.59 Å². The van der Waals surface area contributed by atoms with Crippen LogP contribution in [0, 0.1) is 18.2 Å². The molecule has 7 heteroatoms. The summed E-state index contributed by atoms with van der Waals surface area (Å²) in [4.78, 5) is 25.0. The zero-order chi connectivity index (χ0) is 25.8. The van der Waals surface area contributed by atoms with Crippen LogP contribution in [0.25, 0.3) is 5.70 Å². The fourth-order valence-corrected chi connectivity index (χ4v) is 3.57. The number of carbonyl (C=O) groups is 2. The molecule has 0 unspecified atom stereocenters. The van der Waals surface area contributed by atoms with Crippen LogP contribution in [-0.4, -0.2) is 11.8 Å². The highest BCUT2D eigenvalue weighted by atomic mass is 79.9. The van der Waals surface area contributed by atoms with Gasteiger partial charge in [0.1, 0.15) is 5.82 Å². The average molecular weight is 538 g/mol. The molecule has 0 aliphatic carbocycles. The van der Waals surface area contributed by atoms with E-state index in [0.29, 0.717) is 16.9 Å². The lowest BCUT2D eigenvalue weighted by molar-refractivity contribution is -0.128. The van der Waals surface area contributed by atoms with E-state index < -0.39 is 17.1 Å². The predicted octanol–water partition coefficient (Wildman–Crippen LogP) is 6.89. The molecule has 0 atom stereocenters. The Hall–Kier alpha value is -3.45. The van der Waals surface area contributed by atoms with Gasteiger partial charge >= 0.3 is 0 Å². The Kier molecular flexibility index (Phi) is 8.12. The third-order valence-electron chi connectivity index (χ3n) is 5.37. The molecule has 0 aromatic heterocycles. The van der Waals surface area contributed by atoms with Crippen molar-refractivity contribution >= 4 is 44.8 Å². The summed E-state index contributed by atoms with van der Waals surface area (Å²) in [5.41, 5.74) is 3.85. The standard InChI is InChI=1S/C28H29BrFN3O2/c1-17-6-10-22(15-23(17)18(2)32-21-11-8-20(29)9-12-21)33-26(34)24-14-19(7-13-25(24)30)16-31-27(35)28(3,4)5/h6-15,32H,2,16H2,1,3-5H3,(H,31,35)(H,33,34). The van der Waals surface area contributed by atoms with Crippen molar-refractivity contribution in [2.24, 2.45) is 5.41 Å². The quantitative estimate of drug-likeness (QED) is 0.307. The molecule has 2 amide bonds. The average Bonchev–Trinajstić information content (AvgIpc) is 2.80. The molecular formula is C28H29BrFN3O2. The maximum atomic E-state index is 14.5. The molecule has 35 heavy (non-hydrogen) atoms. The molecule has 0 spiro atoms. The number of halogens is 2. The molecule has 0 saturated heterocycles. The van der Waals surface area contributed by atoms with Crippen LogP contribution in [-0.2, 0) is 11.3 Å². The van der Waals surface area contributed by atoms with Gasteiger partial charge in [-0.05, 0) is 66.6 Å². The van der Waals surface area contributed by atoms with Crippen LogP contribution in [0.5, 0.6) is 0 Å². The lowest BCUT2D eigenvalue weighted by Gasteiger charge is -2.18. The summed E-state index contributed by atoms with van der Waals surface area (Å²) in [5, 5.41) is 8.84. The highest BCUT2D eigenvalue weighted by Crippen LogP contribution is 2.25. The van der Waals surface area contributed by atoms with Gasteiger partial charge in [0.25, 0.3) is 5.91 Å². The number of carbonyl (C=O) groups excluding carboxylic acids is 2. The minimum atomic E-state index is -0.637. The Morgan fingerprint density at radius 1 is 0.914 bits per heavy atom. The summed E-state index contributed by atoms with van der Waals surface area (Å²) in [6, 6.07) is 17.4. The smallest absolute Gasteiger partial charge is 0.258 e. The molecule has 0 heterocycles. The van der Waals surface area contributed by atoms with E-state index in [-0.39, 0.29) is 18.0 Å². The van der Waals surface area contributed by atoms with Crippen molar-refractivity contribution in [3.63, 3.8) is 0 Å². The van der Waals surface area contributed by atoms with E-state index in [2.05, 4.69) is 38.5 Å². The zero-order valence-electron chi connectivity index (χ0n) is 20.3. The van der Waals surface area contributed by atoms with Gasteiger partial charge in [-0.15, -0.1) is 0 Å². The number of rotatable bonds is 7. The van der Waals surface area contributed by atoms with Crippen LogP contribution in [0.15, 0.2) is 71.7 Å². The second kappa shape index (κ2) is 10.9. The number of anilines is 2. The highest BCUT2D eigenvalue weighted by molar-refractivity contribution is 9.10. The maximum Gasteiger partial charge on any atom is 0.258 e. The molecular weight excluding hydrogens is 509 g/mol. The monoisotopic (exact) mass is 537 g/mol. The summed E-state index contributed by atoms with van der Waals surface area (Å²) in [5.74, 6) is -1.34.